The summed E-state index contributed by atoms with van der Waals surface area (Å²) in [4.78, 5) is 141. The molecule has 42 heteroatoms. The Kier molecular flexibility index (Phi) is 26.4. The Morgan fingerprint density at radius 1 is 0.769 bits per heavy atom. The molecule has 104 heavy (non-hydrogen) atoms. The fraction of sp³-hybridized carbons (Fsp3) is 0.613. The number of likely N-dealkylation sites (tertiary alicyclic amines) is 1. The van der Waals surface area contributed by atoms with Crippen LogP contribution in [0, 0.1) is 0 Å². The molecule has 16 atom stereocenters. The van der Waals surface area contributed by atoms with Crippen LogP contribution in [0.5, 0.6) is 5.75 Å². The van der Waals surface area contributed by atoms with Crippen LogP contribution in [-0.2, 0) is 104 Å². The van der Waals surface area contributed by atoms with Gasteiger partial charge in [0.15, 0.2) is 65.7 Å². The van der Waals surface area contributed by atoms with Crippen molar-refractivity contribution in [2.45, 2.75) is 208 Å². The van der Waals surface area contributed by atoms with E-state index in [1.54, 1.807) is 11.8 Å². The third-order valence-electron chi connectivity index (χ3n) is 17.7. The maximum absolute atomic E-state index is 17.4. The summed E-state index contributed by atoms with van der Waals surface area (Å²) in [5.74, 6) is -5.95. The number of nitrogens with zero attached hydrogens (tertiary/aromatic N) is 8. The molecule has 5 fully saturated rings. The molecule has 5 N–H and O–H groups in total. The standard InChI is InChI=1S/C62H80F2N12O23P2S3/c1-8-62(6,9-2)104-39-23-42(82)74(57(39)84)21-15-11-13-16-40(80)66-20-14-10-12-17-41(81)73-35-22-34(18-19-36(35)96-61-52(93-33(5)79)50(92-32(4)78)49(91-31(3)77)51(97-61)60(85)88-7)26-103-101(87)90-25-38-47(43(63)58(95-38)76-30-72-46-55(76)69-28-70-56(46)83)98-100(86,102)89-24-37-48(99-101)44(64)59(94-37)75-29-71-45-53(65)67-27-68-54(45)75/h18-19,22,27-30,37-39,43-44,47-52,58-59,61H,8-17,20-21,23-26H2,1-7H3,(H,66,80)(H,73,81)(H,86,102)(H2,65,67,68)(H,69,70,83)/t37-,38-,39?,43-,44-,47-,48-,49+,50?,51?,52?,58-,59-,61-,100?,101?/m1/s1. The molecule has 5 aliphatic heterocycles. The summed E-state index contributed by atoms with van der Waals surface area (Å²) in [7, 11) is 0.992. The van der Waals surface area contributed by atoms with Gasteiger partial charge in [0, 0.05) is 63.6 Å². The number of nitrogens with two attached hydrogens (primary N) is 1. The molecule has 4 aromatic heterocycles. The zero-order chi connectivity index (χ0) is 74.9. The number of unbranched alkanes of at least 4 members (excludes halogenated alkanes) is 4. The van der Waals surface area contributed by atoms with Crippen LogP contribution in [0.2, 0.25) is 0 Å². The fourth-order valence-corrected chi connectivity index (χ4v) is 18.5. The van der Waals surface area contributed by atoms with Gasteiger partial charge in [-0.2, -0.15) is 0 Å². The second-order valence-corrected chi connectivity index (χ2v) is 33.8. The number of benzene rings is 1. The summed E-state index contributed by atoms with van der Waals surface area (Å²) in [6.45, 7) is -1.62. The molecule has 0 aliphatic carbocycles. The number of halogens is 2. The van der Waals surface area contributed by atoms with Crippen LogP contribution in [0.1, 0.15) is 130 Å². The van der Waals surface area contributed by atoms with Gasteiger partial charge in [0.25, 0.3) is 5.56 Å². The number of imidazole rings is 2. The molecule has 0 saturated carbocycles. The van der Waals surface area contributed by atoms with Crippen molar-refractivity contribution in [3.63, 3.8) is 0 Å². The van der Waals surface area contributed by atoms with E-state index in [1.165, 1.54) is 23.1 Å². The Morgan fingerprint density at radius 2 is 1.38 bits per heavy atom. The first-order valence-electron chi connectivity index (χ1n) is 33.3. The number of thiol groups is 1. The number of nitrogen functional groups attached to an aromatic ring is 1. The van der Waals surface area contributed by atoms with E-state index in [-0.39, 0.29) is 106 Å². The predicted molar refractivity (Wildman–Crippen MR) is 367 cm³/mol. The van der Waals surface area contributed by atoms with Crippen molar-refractivity contribution in [1.29, 1.82) is 0 Å². The largest absolute Gasteiger partial charge is 0.467 e. The Hall–Kier alpha value is -7.23. The number of amides is 4. The number of carbonyl (C=O) groups is 8. The lowest BCUT2D eigenvalue weighted by atomic mass is 9.97. The van der Waals surface area contributed by atoms with Crippen LogP contribution >= 0.6 is 49.0 Å². The summed E-state index contributed by atoms with van der Waals surface area (Å²) in [5, 5.41) is 5.25. The number of hydrogen-bond donors (Lipinski definition) is 5. The summed E-state index contributed by atoms with van der Waals surface area (Å²) in [5.41, 5.74) is 5.17. The van der Waals surface area contributed by atoms with Crippen LogP contribution in [-0.4, -0.2) is 202 Å². The number of carbonyl (C=O) groups excluding carboxylic acids is 8. The van der Waals surface area contributed by atoms with E-state index in [2.05, 4.69) is 73.6 Å². The van der Waals surface area contributed by atoms with E-state index in [9.17, 15) is 47.7 Å². The lowest BCUT2D eigenvalue weighted by molar-refractivity contribution is -0.282. The number of rotatable bonds is 28. The number of aromatic amines is 1. The molecule has 0 bridgehead atoms. The van der Waals surface area contributed by atoms with Crippen molar-refractivity contribution in [1.82, 2.24) is 49.3 Å². The molecule has 10 rings (SSSR count). The molecule has 1 aromatic carbocycles. The summed E-state index contributed by atoms with van der Waals surface area (Å²) >= 11 is 6.15. The van der Waals surface area contributed by atoms with E-state index in [0.717, 1.165) is 75.2 Å². The van der Waals surface area contributed by atoms with Crippen LogP contribution in [0.4, 0.5) is 20.3 Å². The molecule has 5 aromatic rings. The number of thioether (sulfide) groups is 1. The molecule has 6 unspecified atom stereocenters. The number of ether oxygens (including phenoxy) is 8. The van der Waals surface area contributed by atoms with Crippen LogP contribution in [0.25, 0.3) is 22.3 Å². The van der Waals surface area contributed by atoms with Crippen molar-refractivity contribution in [3.05, 3.63) is 59.4 Å². The van der Waals surface area contributed by atoms with Gasteiger partial charge in [-0.25, -0.2) is 47.6 Å². The van der Waals surface area contributed by atoms with E-state index in [4.69, 9.17) is 61.7 Å². The topological polar surface area (TPSA) is 442 Å². The SMILES string of the molecule is CCC(C)(CC)SC1CC(=O)N(CCCCCC(=O)NCCCCCC(=O)Nc2cc(CSP3(=O)OC[C@H]4O[C@@H](n5cnc6c(=O)[nH]cnc65)[C@H](F)[C@@H]4OP(=O)(S)OC[C@H]4O[C@@H](n5cnc6c(N)ncnc65)[C@H](F)[C@@H]4O3)ccc2O[C@@H]2OC(C(=O)OC)[C@@H](OC(C)=O)C(OC(C)=O)C2OC(C)=O)C1=O. The number of anilines is 2. The minimum absolute atomic E-state index is 0.00990. The van der Waals surface area contributed by atoms with Gasteiger partial charge in [0.1, 0.15) is 42.0 Å². The van der Waals surface area contributed by atoms with Gasteiger partial charge >= 0.3 is 37.5 Å². The van der Waals surface area contributed by atoms with Crippen molar-refractivity contribution in [3.8, 4) is 5.75 Å². The van der Waals surface area contributed by atoms with E-state index < -0.39 is 153 Å². The smallest absolute Gasteiger partial charge is 0.389 e. The summed E-state index contributed by atoms with van der Waals surface area (Å²) in [6.07, 6.45) is -15.0. The Morgan fingerprint density at radius 3 is 2.05 bits per heavy atom. The number of methoxy groups -OCH3 is 1. The Bertz CT molecular complexity index is 4160. The second-order valence-electron chi connectivity index (χ2n) is 25.1. The van der Waals surface area contributed by atoms with Gasteiger partial charge in [-0.3, -0.25) is 70.5 Å². The zero-order valence-corrected chi connectivity index (χ0v) is 61.7. The highest BCUT2D eigenvalue weighted by Crippen LogP contribution is 2.66. The predicted octanol–water partition coefficient (Wildman–Crippen LogP) is 6.60. The lowest BCUT2D eigenvalue weighted by Gasteiger charge is -2.43. The summed E-state index contributed by atoms with van der Waals surface area (Å²) < 4.78 is 136. The number of aromatic nitrogens is 8. The van der Waals surface area contributed by atoms with Crippen molar-refractivity contribution < 1.29 is 112 Å². The lowest BCUT2D eigenvalue weighted by Crippen LogP contribution is -2.64. The average Bonchev–Trinajstić information content (AvgIpc) is 1.36. The van der Waals surface area contributed by atoms with Gasteiger partial charge in [-0.1, -0.05) is 51.9 Å². The van der Waals surface area contributed by atoms with Crippen LogP contribution in [0.15, 0.2) is 48.3 Å². The van der Waals surface area contributed by atoms with Gasteiger partial charge in [-0.15, -0.1) is 11.8 Å². The molecule has 0 radical (unpaired) electrons. The normalized spacial score (nSPS) is 28.8. The minimum atomic E-state index is -4.95. The highest BCUT2D eigenvalue weighted by Gasteiger charge is 2.58. The van der Waals surface area contributed by atoms with Gasteiger partial charge in [-0.05, 0) is 67.6 Å². The average molecular weight is 1560 g/mol. The highest BCUT2D eigenvalue weighted by atomic mass is 32.7. The number of alkyl halides is 2. The van der Waals surface area contributed by atoms with Gasteiger partial charge in [0.05, 0.1) is 50.2 Å². The monoisotopic (exact) mass is 1560 g/mol. The van der Waals surface area contributed by atoms with E-state index in [0.29, 0.717) is 43.5 Å². The van der Waals surface area contributed by atoms with Crippen molar-refractivity contribution in [2.75, 3.05) is 44.5 Å². The minimum Gasteiger partial charge on any atom is -0.467 e. The van der Waals surface area contributed by atoms with Gasteiger partial charge < -0.3 is 59.2 Å². The zero-order valence-electron chi connectivity index (χ0n) is 57.4. The quantitative estimate of drug-likeness (QED) is 0.00879. The molecule has 0 spiro atoms. The third kappa shape index (κ3) is 18.9. The van der Waals surface area contributed by atoms with Crippen molar-refractivity contribution >= 4 is 130 Å². The number of hydrogen-bond acceptors (Lipinski definition) is 31. The number of H-pyrrole nitrogens is 1. The number of fused-ring (bicyclic) bond motifs is 4. The first-order valence-corrected chi connectivity index (χ1v) is 40.0. The maximum Gasteiger partial charge on any atom is 0.389 e. The number of nitrogens with one attached hydrogen (secondary N) is 3. The number of esters is 4. The van der Waals surface area contributed by atoms with E-state index in [1.807, 2.05) is 0 Å². The van der Waals surface area contributed by atoms with Crippen LogP contribution in [0.3, 0.4) is 0 Å². The summed E-state index contributed by atoms with van der Waals surface area (Å²) in [6, 6.07) is 4.03. The molecular weight excluding hydrogens is 1480 g/mol. The Labute approximate surface area is 606 Å². The van der Waals surface area contributed by atoms with Crippen molar-refractivity contribution in [2.24, 2.45) is 0 Å². The molecule has 5 aliphatic rings. The molecule has 35 nitrogen and oxygen atoms in total. The molecule has 9 heterocycles. The molecule has 5 saturated heterocycles. The van der Waals surface area contributed by atoms with Crippen LogP contribution < -0.4 is 26.7 Å². The second kappa shape index (κ2) is 34.6. The highest BCUT2D eigenvalue weighted by molar-refractivity contribution is 8.54. The number of imide groups is 1. The first kappa shape index (κ1) is 79.3. The fourth-order valence-electron chi connectivity index (χ4n) is 12.1. The molecule has 4 amide bonds. The van der Waals surface area contributed by atoms with Gasteiger partial charge in [0.2, 0.25) is 36.0 Å². The third-order valence-corrected chi connectivity index (χ3v) is 24.8. The maximum atomic E-state index is 17.4. The first-order chi connectivity index (χ1) is 49.5. The Balaban J connectivity index is 0.875. The van der Waals surface area contributed by atoms with E-state index >= 15 is 13.3 Å². The molecular formula is C62H80F2N12O23P2S3. The molecule has 568 valence electrons.